The van der Waals surface area contributed by atoms with Crippen LogP contribution in [-0.4, -0.2) is 41.7 Å². The molecule has 0 aliphatic carbocycles. The molecule has 2 aromatic carbocycles. The molecule has 0 bridgehead atoms. The monoisotopic (exact) mass is 391 g/mol. The second-order valence-electron chi connectivity index (χ2n) is 6.40. The van der Waals surface area contributed by atoms with E-state index in [4.69, 9.17) is 15.1 Å². The summed E-state index contributed by atoms with van der Waals surface area (Å²) >= 11 is 1.81. The Bertz CT molecular complexity index is 980. The molecule has 0 aromatic heterocycles. The van der Waals surface area contributed by atoms with Crippen LogP contribution >= 0.6 is 11.8 Å². The van der Waals surface area contributed by atoms with Gasteiger partial charge in [0.05, 0.1) is 12.3 Å². The smallest absolute Gasteiger partial charge is 0.245 e. The lowest BCUT2D eigenvalue weighted by atomic mass is 10.1. The summed E-state index contributed by atoms with van der Waals surface area (Å²) in [4.78, 5) is 7.82. The number of aliphatic imine (C=N–C) groups is 1. The summed E-state index contributed by atoms with van der Waals surface area (Å²) < 4.78 is 5.88. The molecule has 0 radical (unpaired) electrons. The number of hydrogen-bond acceptors (Lipinski definition) is 6. The van der Waals surface area contributed by atoms with Crippen LogP contribution in [-0.2, 0) is 4.74 Å². The van der Waals surface area contributed by atoms with Crippen molar-refractivity contribution in [1.82, 2.24) is 10.3 Å². The Labute approximate surface area is 168 Å². The molecule has 4 rings (SSSR count). The van der Waals surface area contributed by atoms with Crippen molar-refractivity contribution in [2.45, 2.75) is 11.8 Å². The average Bonchev–Trinajstić information content (AvgIpc) is 3.21. The Morgan fingerprint density at radius 3 is 2.57 bits per heavy atom. The number of nitrogens with one attached hydrogen (secondary N) is 2. The first-order valence-corrected chi connectivity index (χ1v) is 10.1. The second kappa shape index (κ2) is 7.90. The molecule has 0 saturated carbocycles. The lowest BCUT2D eigenvalue weighted by molar-refractivity contribution is 0.408. The lowest BCUT2D eigenvalue weighted by Crippen LogP contribution is -2.38. The standard InChI is InChI=1S/C21H21N5OS/c1-3-28-16-11-9-14(10-12-16)17-13-26(2)19(22)18(23-17)21-25-24-20(27-21)15-7-5-4-6-8-15/h4-12,22,25H,3,13H2,1-2H3. The number of likely N-dealkylation sites (N-methyl/N-ethyl adjacent to an activating group) is 1. The molecule has 2 N–H and O–H groups in total. The van der Waals surface area contributed by atoms with Gasteiger partial charge in [-0.3, -0.25) is 5.41 Å². The number of hydrogen-bond donors (Lipinski definition) is 2. The molecule has 2 aromatic rings. The Morgan fingerprint density at radius 2 is 1.86 bits per heavy atom. The Kier molecular flexibility index (Phi) is 5.16. The largest absolute Gasteiger partial charge is 0.417 e. The molecular weight excluding hydrogens is 370 g/mol. The topological polar surface area (TPSA) is 73.1 Å². The molecule has 142 valence electrons. The second-order valence-corrected chi connectivity index (χ2v) is 7.73. The van der Waals surface area contributed by atoms with Crippen LogP contribution in [0.5, 0.6) is 0 Å². The van der Waals surface area contributed by atoms with E-state index in [1.165, 1.54) is 4.90 Å². The summed E-state index contributed by atoms with van der Waals surface area (Å²) in [5.74, 6) is 2.20. The minimum Gasteiger partial charge on any atom is -0.417 e. The van der Waals surface area contributed by atoms with Crippen LogP contribution in [0.4, 0.5) is 0 Å². The van der Waals surface area contributed by atoms with Gasteiger partial charge in [0.2, 0.25) is 11.8 Å². The molecule has 6 nitrogen and oxygen atoms in total. The summed E-state index contributed by atoms with van der Waals surface area (Å²) in [6.07, 6.45) is 0. The highest BCUT2D eigenvalue weighted by atomic mass is 32.2. The first-order chi connectivity index (χ1) is 13.7. The number of ether oxygens (including phenoxy) is 1. The minimum absolute atomic E-state index is 0.300. The van der Waals surface area contributed by atoms with Gasteiger partial charge >= 0.3 is 0 Å². The molecule has 7 heteroatoms. The van der Waals surface area contributed by atoms with E-state index in [-0.39, 0.29) is 0 Å². The Hall–Kier alpha value is -3.06. The third kappa shape index (κ3) is 3.66. The SMILES string of the molecule is CCSc1ccc(C2=NC(=C3NN=C(c4ccccc4)O3)C(=N)N(C)C2)cc1. The maximum absolute atomic E-state index is 8.42. The van der Waals surface area contributed by atoms with Crippen LogP contribution in [0.1, 0.15) is 18.1 Å². The highest BCUT2D eigenvalue weighted by molar-refractivity contribution is 7.99. The molecule has 2 heterocycles. The zero-order valence-corrected chi connectivity index (χ0v) is 16.6. The van der Waals surface area contributed by atoms with Crippen molar-refractivity contribution in [3.8, 4) is 0 Å². The highest BCUT2D eigenvalue weighted by Crippen LogP contribution is 2.23. The van der Waals surface area contributed by atoms with E-state index in [0.29, 0.717) is 29.9 Å². The average molecular weight is 392 g/mol. The van der Waals surface area contributed by atoms with Crippen LogP contribution in [0.25, 0.3) is 0 Å². The predicted octanol–water partition coefficient (Wildman–Crippen LogP) is 3.66. The molecule has 2 aliphatic heterocycles. The number of nitrogens with zero attached hydrogens (tertiary/aromatic N) is 3. The van der Waals surface area contributed by atoms with Crippen molar-refractivity contribution in [3.05, 3.63) is 77.3 Å². The fraction of sp³-hybridized carbons (Fsp3) is 0.190. The molecule has 2 aliphatic rings. The molecule has 0 amide bonds. The maximum atomic E-state index is 8.42. The normalized spacial score (nSPS) is 19.1. The van der Waals surface area contributed by atoms with Gasteiger partial charge in [-0.25, -0.2) is 10.4 Å². The van der Waals surface area contributed by atoms with Gasteiger partial charge in [-0.05, 0) is 35.6 Å². The zero-order chi connectivity index (χ0) is 19.5. The number of thioether (sulfide) groups is 1. The number of hydrazone groups is 1. The predicted molar refractivity (Wildman–Crippen MR) is 114 cm³/mol. The molecule has 0 saturated heterocycles. The molecule has 0 unspecified atom stereocenters. The van der Waals surface area contributed by atoms with E-state index in [9.17, 15) is 0 Å². The third-order valence-electron chi connectivity index (χ3n) is 4.43. The summed E-state index contributed by atoms with van der Waals surface area (Å²) in [6, 6.07) is 18.0. The van der Waals surface area contributed by atoms with Gasteiger partial charge in [0.25, 0.3) is 0 Å². The van der Waals surface area contributed by atoms with E-state index < -0.39 is 0 Å². The van der Waals surface area contributed by atoms with Crippen molar-refractivity contribution in [1.29, 1.82) is 5.41 Å². The molecule has 0 atom stereocenters. The quantitative estimate of drug-likeness (QED) is 0.780. The van der Waals surface area contributed by atoms with Crippen LogP contribution in [0.2, 0.25) is 0 Å². The van der Waals surface area contributed by atoms with Gasteiger partial charge in [0.1, 0.15) is 0 Å². The van der Waals surface area contributed by atoms with Crippen LogP contribution in [0.15, 0.2) is 81.2 Å². The fourth-order valence-electron chi connectivity index (χ4n) is 2.98. The van der Waals surface area contributed by atoms with E-state index >= 15 is 0 Å². The fourth-order valence-corrected chi connectivity index (χ4v) is 3.64. The summed E-state index contributed by atoms with van der Waals surface area (Å²) in [5, 5.41) is 12.7. The zero-order valence-electron chi connectivity index (χ0n) is 15.8. The third-order valence-corrected chi connectivity index (χ3v) is 5.33. The van der Waals surface area contributed by atoms with E-state index in [1.54, 1.807) is 0 Å². The molecular formula is C21H21N5OS. The molecule has 0 fully saturated rings. The lowest BCUT2D eigenvalue weighted by Gasteiger charge is -2.26. The van der Waals surface area contributed by atoms with E-state index in [0.717, 1.165) is 22.6 Å². The molecule has 28 heavy (non-hydrogen) atoms. The van der Waals surface area contributed by atoms with Gasteiger partial charge in [-0.15, -0.1) is 16.9 Å². The summed E-state index contributed by atoms with van der Waals surface area (Å²) in [7, 11) is 1.88. The number of benzene rings is 2. The number of rotatable bonds is 4. The van der Waals surface area contributed by atoms with Crippen molar-refractivity contribution in [2.75, 3.05) is 19.3 Å². The van der Waals surface area contributed by atoms with Gasteiger partial charge in [-0.1, -0.05) is 37.3 Å². The first kappa shape index (κ1) is 18.3. The van der Waals surface area contributed by atoms with Gasteiger partial charge in [-0.2, -0.15) is 0 Å². The van der Waals surface area contributed by atoms with Gasteiger partial charge < -0.3 is 9.64 Å². The molecule has 0 spiro atoms. The van der Waals surface area contributed by atoms with Gasteiger partial charge in [0.15, 0.2) is 11.5 Å². The first-order valence-electron chi connectivity index (χ1n) is 9.08. The summed E-state index contributed by atoms with van der Waals surface area (Å²) in [5.41, 5.74) is 6.15. The van der Waals surface area contributed by atoms with Crippen molar-refractivity contribution in [2.24, 2.45) is 10.1 Å². The summed E-state index contributed by atoms with van der Waals surface area (Å²) in [6.45, 7) is 2.71. The Morgan fingerprint density at radius 1 is 1.11 bits per heavy atom. The van der Waals surface area contributed by atoms with E-state index in [2.05, 4.69) is 41.7 Å². The highest BCUT2D eigenvalue weighted by Gasteiger charge is 2.28. The van der Waals surface area contributed by atoms with Crippen molar-refractivity contribution >= 4 is 29.2 Å². The maximum Gasteiger partial charge on any atom is 0.245 e. The van der Waals surface area contributed by atoms with Crippen molar-refractivity contribution < 1.29 is 4.74 Å². The number of amidine groups is 1. The minimum atomic E-state index is 0.300. The van der Waals surface area contributed by atoms with Crippen LogP contribution in [0.3, 0.4) is 0 Å². The Balaban J connectivity index is 1.63. The van der Waals surface area contributed by atoms with Gasteiger partial charge in [0, 0.05) is 17.5 Å². The van der Waals surface area contributed by atoms with Crippen LogP contribution < -0.4 is 5.43 Å². The van der Waals surface area contributed by atoms with Crippen LogP contribution in [0, 0.1) is 5.41 Å². The van der Waals surface area contributed by atoms with E-state index in [1.807, 2.05) is 54.0 Å². The van der Waals surface area contributed by atoms with Crippen molar-refractivity contribution in [3.63, 3.8) is 0 Å².